The first-order valence-electron chi connectivity index (χ1n) is 9.48. The van der Waals surface area contributed by atoms with Gasteiger partial charge in [-0.3, -0.25) is 9.59 Å². The summed E-state index contributed by atoms with van der Waals surface area (Å²) in [7, 11) is 1.79. The van der Waals surface area contributed by atoms with Gasteiger partial charge in [-0.05, 0) is 56.8 Å². The Bertz CT molecular complexity index is 619. The van der Waals surface area contributed by atoms with Crippen LogP contribution >= 0.6 is 0 Å². The normalized spacial score (nSPS) is 18.2. The van der Waals surface area contributed by atoms with E-state index in [1.807, 2.05) is 29.2 Å². The fourth-order valence-corrected chi connectivity index (χ4v) is 3.53. The minimum Gasteiger partial charge on any atom is -0.339 e. The average Bonchev–Trinajstić information content (AvgIpc) is 3.50. The number of hydrogen-bond donors (Lipinski definition) is 1. The van der Waals surface area contributed by atoms with E-state index < -0.39 is 0 Å². The summed E-state index contributed by atoms with van der Waals surface area (Å²) in [5.41, 5.74) is 1.38. The Labute approximate surface area is 150 Å². The number of benzene rings is 1. The molecule has 25 heavy (non-hydrogen) atoms. The molecule has 0 unspecified atom stereocenters. The van der Waals surface area contributed by atoms with Crippen molar-refractivity contribution in [3.8, 4) is 0 Å². The molecule has 1 aromatic carbocycles. The molecule has 5 nitrogen and oxygen atoms in total. The molecule has 0 radical (unpaired) electrons. The molecule has 2 aliphatic rings. The van der Waals surface area contributed by atoms with Gasteiger partial charge in [-0.25, -0.2) is 0 Å². The topological polar surface area (TPSA) is 52.7 Å². The molecule has 1 aliphatic carbocycles. The van der Waals surface area contributed by atoms with Crippen LogP contribution < -0.4 is 10.2 Å². The number of likely N-dealkylation sites (tertiary alicyclic amines) is 1. The van der Waals surface area contributed by atoms with E-state index in [-0.39, 0.29) is 17.7 Å². The van der Waals surface area contributed by atoms with Crippen molar-refractivity contribution in [2.45, 2.75) is 32.6 Å². The fraction of sp³-hybridized carbons (Fsp3) is 0.600. The second-order valence-electron chi connectivity index (χ2n) is 7.23. The number of nitrogens with zero attached hydrogens (tertiary/aromatic N) is 2. The van der Waals surface area contributed by atoms with Gasteiger partial charge in [-0.2, -0.15) is 0 Å². The average molecular weight is 343 g/mol. The number of piperidine rings is 1. The predicted molar refractivity (Wildman–Crippen MR) is 99.7 cm³/mol. The molecule has 0 bridgehead atoms. The molecule has 0 spiro atoms. The highest BCUT2D eigenvalue weighted by Gasteiger charge is 2.34. The van der Waals surface area contributed by atoms with Gasteiger partial charge in [0.05, 0.1) is 11.3 Å². The van der Waals surface area contributed by atoms with Crippen LogP contribution in [0.4, 0.5) is 5.69 Å². The van der Waals surface area contributed by atoms with Gasteiger partial charge in [-0.1, -0.05) is 19.1 Å². The number of rotatable bonds is 6. The van der Waals surface area contributed by atoms with E-state index in [0.717, 1.165) is 57.5 Å². The third-order valence-electron chi connectivity index (χ3n) is 5.34. The zero-order chi connectivity index (χ0) is 17.8. The number of amides is 2. The number of carbonyl (C=O) groups excluding carboxylic acids is 2. The molecule has 1 saturated carbocycles. The monoisotopic (exact) mass is 343 g/mol. The second-order valence-corrected chi connectivity index (χ2v) is 7.23. The summed E-state index contributed by atoms with van der Waals surface area (Å²) in [6, 6.07) is 7.50. The van der Waals surface area contributed by atoms with Gasteiger partial charge in [-0.15, -0.1) is 0 Å². The number of para-hydroxylation sites is 1. The highest BCUT2D eigenvalue weighted by Crippen LogP contribution is 2.33. The van der Waals surface area contributed by atoms with Gasteiger partial charge in [0, 0.05) is 26.1 Å². The van der Waals surface area contributed by atoms with Gasteiger partial charge < -0.3 is 15.1 Å². The summed E-state index contributed by atoms with van der Waals surface area (Å²) in [6.45, 7) is 5.74. The van der Waals surface area contributed by atoms with Crippen molar-refractivity contribution in [3.05, 3.63) is 29.8 Å². The van der Waals surface area contributed by atoms with Crippen LogP contribution in [-0.4, -0.2) is 49.9 Å². The van der Waals surface area contributed by atoms with E-state index >= 15 is 0 Å². The van der Waals surface area contributed by atoms with Crippen LogP contribution in [0.15, 0.2) is 24.3 Å². The largest absolute Gasteiger partial charge is 0.339 e. The fourth-order valence-electron chi connectivity index (χ4n) is 3.53. The Morgan fingerprint density at radius 2 is 1.84 bits per heavy atom. The molecule has 1 heterocycles. The van der Waals surface area contributed by atoms with Crippen molar-refractivity contribution < 1.29 is 9.59 Å². The van der Waals surface area contributed by atoms with Crippen molar-refractivity contribution in [2.75, 3.05) is 38.1 Å². The van der Waals surface area contributed by atoms with Crippen LogP contribution in [0.25, 0.3) is 0 Å². The molecular weight excluding hydrogens is 314 g/mol. The van der Waals surface area contributed by atoms with Crippen LogP contribution in [0.3, 0.4) is 0 Å². The minimum absolute atomic E-state index is 0.0490. The molecule has 2 fully saturated rings. The Balaban J connectivity index is 1.67. The Morgan fingerprint density at radius 1 is 1.16 bits per heavy atom. The molecule has 2 amide bonds. The third-order valence-corrected chi connectivity index (χ3v) is 5.34. The number of hydrogen-bond acceptors (Lipinski definition) is 3. The van der Waals surface area contributed by atoms with Crippen molar-refractivity contribution in [2.24, 2.45) is 11.8 Å². The third kappa shape index (κ3) is 4.21. The predicted octanol–water partition coefficient (Wildman–Crippen LogP) is 2.52. The van der Waals surface area contributed by atoms with Gasteiger partial charge >= 0.3 is 0 Å². The van der Waals surface area contributed by atoms with Crippen molar-refractivity contribution in [1.29, 1.82) is 0 Å². The number of anilines is 1. The SMILES string of the molecule is CCNCC1CCN(C(=O)c2ccccc2N(C)C(=O)C2CC2)CC1. The first-order valence-corrected chi connectivity index (χ1v) is 9.48. The molecule has 0 atom stereocenters. The maximum atomic E-state index is 13.0. The van der Waals surface area contributed by atoms with E-state index in [9.17, 15) is 9.59 Å². The molecule has 3 rings (SSSR count). The maximum Gasteiger partial charge on any atom is 0.255 e. The lowest BCUT2D eigenvalue weighted by atomic mass is 9.96. The zero-order valence-corrected chi connectivity index (χ0v) is 15.3. The molecule has 1 aromatic rings. The molecule has 136 valence electrons. The van der Waals surface area contributed by atoms with Crippen molar-refractivity contribution >= 4 is 17.5 Å². The molecule has 1 saturated heterocycles. The minimum atomic E-state index is 0.0490. The van der Waals surface area contributed by atoms with E-state index in [1.165, 1.54) is 0 Å². The van der Waals surface area contributed by atoms with Crippen LogP contribution in [0.5, 0.6) is 0 Å². The van der Waals surface area contributed by atoms with Crippen LogP contribution in [-0.2, 0) is 4.79 Å². The number of carbonyl (C=O) groups is 2. The molecule has 5 heteroatoms. The second kappa shape index (κ2) is 8.00. The van der Waals surface area contributed by atoms with Gasteiger partial charge in [0.1, 0.15) is 0 Å². The van der Waals surface area contributed by atoms with Crippen LogP contribution in [0.1, 0.15) is 43.0 Å². The first kappa shape index (κ1) is 17.9. The Hall–Kier alpha value is -1.88. The van der Waals surface area contributed by atoms with Gasteiger partial charge in [0.2, 0.25) is 5.91 Å². The Morgan fingerprint density at radius 3 is 2.48 bits per heavy atom. The Kier molecular flexibility index (Phi) is 5.74. The van der Waals surface area contributed by atoms with E-state index in [2.05, 4.69) is 12.2 Å². The smallest absolute Gasteiger partial charge is 0.255 e. The molecule has 1 N–H and O–H groups in total. The van der Waals surface area contributed by atoms with E-state index in [0.29, 0.717) is 11.5 Å². The summed E-state index contributed by atoms with van der Waals surface area (Å²) in [4.78, 5) is 29.0. The first-order chi connectivity index (χ1) is 12.1. The van der Waals surface area contributed by atoms with Crippen molar-refractivity contribution in [3.63, 3.8) is 0 Å². The summed E-state index contributed by atoms with van der Waals surface area (Å²) in [5, 5.41) is 3.40. The maximum absolute atomic E-state index is 13.0. The summed E-state index contributed by atoms with van der Waals surface area (Å²) >= 11 is 0. The molecule has 1 aliphatic heterocycles. The summed E-state index contributed by atoms with van der Waals surface area (Å²) < 4.78 is 0. The lowest BCUT2D eigenvalue weighted by Crippen LogP contribution is -2.41. The standard InChI is InChI=1S/C20H29N3O2/c1-3-21-14-15-10-12-23(13-11-15)20(25)17-6-4-5-7-18(17)22(2)19(24)16-8-9-16/h4-7,15-16,21H,3,8-14H2,1-2H3. The van der Waals surface area contributed by atoms with Crippen LogP contribution in [0.2, 0.25) is 0 Å². The molecule has 0 aromatic heterocycles. The van der Waals surface area contributed by atoms with Gasteiger partial charge in [0.25, 0.3) is 5.91 Å². The van der Waals surface area contributed by atoms with Gasteiger partial charge in [0.15, 0.2) is 0 Å². The highest BCUT2D eigenvalue weighted by molar-refractivity contribution is 6.05. The highest BCUT2D eigenvalue weighted by atomic mass is 16.2. The summed E-state index contributed by atoms with van der Waals surface area (Å²) in [6.07, 6.45) is 4.02. The quantitative estimate of drug-likeness (QED) is 0.863. The summed E-state index contributed by atoms with van der Waals surface area (Å²) in [5.74, 6) is 0.978. The molecular formula is C20H29N3O2. The van der Waals surface area contributed by atoms with E-state index in [1.54, 1.807) is 11.9 Å². The van der Waals surface area contributed by atoms with E-state index in [4.69, 9.17) is 0 Å². The number of nitrogens with one attached hydrogen (secondary N) is 1. The van der Waals surface area contributed by atoms with Crippen molar-refractivity contribution in [1.82, 2.24) is 10.2 Å². The van der Waals surface area contributed by atoms with Crippen LogP contribution in [0, 0.1) is 11.8 Å². The lowest BCUT2D eigenvalue weighted by Gasteiger charge is -2.33. The lowest BCUT2D eigenvalue weighted by molar-refractivity contribution is -0.119. The zero-order valence-electron chi connectivity index (χ0n) is 15.3.